The highest BCUT2D eigenvalue weighted by Gasteiger charge is 2.13. The monoisotopic (exact) mass is 369 g/mol. The molecule has 134 valence electrons. The Morgan fingerprint density at radius 3 is 2.65 bits per heavy atom. The van der Waals surface area contributed by atoms with E-state index in [9.17, 15) is 9.59 Å². The van der Waals surface area contributed by atoms with E-state index < -0.39 is 0 Å². The number of aromatic nitrogens is 2. The van der Waals surface area contributed by atoms with Crippen LogP contribution in [0.15, 0.2) is 40.8 Å². The van der Waals surface area contributed by atoms with Gasteiger partial charge in [-0.2, -0.15) is 0 Å². The zero-order chi connectivity index (χ0) is 18.5. The van der Waals surface area contributed by atoms with Crippen LogP contribution in [0.4, 0.5) is 5.13 Å². The fourth-order valence-electron chi connectivity index (χ4n) is 2.58. The lowest BCUT2D eigenvalue weighted by Crippen LogP contribution is -2.11. The zero-order valence-corrected chi connectivity index (χ0v) is 15.4. The van der Waals surface area contributed by atoms with E-state index in [1.807, 2.05) is 30.3 Å². The molecule has 3 rings (SSSR count). The standard InChI is InChI=1S/C19H19N3O3S/c1-12(23)16-11-15(25-13(16)2)8-9-17(24)20-19-22-21-18(26-19)10-14-6-4-3-5-7-14/h3-7,11H,8-10H2,1-2H3,(H,20,22,24). The van der Waals surface area contributed by atoms with Gasteiger partial charge >= 0.3 is 0 Å². The molecule has 1 N–H and O–H groups in total. The number of amides is 1. The maximum absolute atomic E-state index is 12.1. The van der Waals surface area contributed by atoms with Gasteiger partial charge in [0.25, 0.3) is 0 Å². The summed E-state index contributed by atoms with van der Waals surface area (Å²) in [6.45, 7) is 3.24. The SMILES string of the molecule is CC(=O)c1cc(CCC(=O)Nc2nnc(Cc3ccccc3)s2)oc1C. The Morgan fingerprint density at radius 2 is 1.96 bits per heavy atom. The molecule has 0 atom stereocenters. The van der Waals surface area contributed by atoms with Crippen LogP contribution < -0.4 is 5.32 Å². The molecule has 0 fully saturated rings. The van der Waals surface area contributed by atoms with Crippen molar-refractivity contribution in [3.63, 3.8) is 0 Å². The molecular formula is C19H19N3O3S. The summed E-state index contributed by atoms with van der Waals surface area (Å²) in [4.78, 5) is 23.5. The van der Waals surface area contributed by atoms with Crippen molar-refractivity contribution in [2.45, 2.75) is 33.1 Å². The summed E-state index contributed by atoms with van der Waals surface area (Å²) in [6.07, 6.45) is 1.36. The van der Waals surface area contributed by atoms with Crippen LogP contribution in [0.5, 0.6) is 0 Å². The van der Waals surface area contributed by atoms with Gasteiger partial charge in [0.15, 0.2) is 5.78 Å². The Balaban J connectivity index is 1.52. The normalized spacial score (nSPS) is 10.7. The molecule has 1 aromatic carbocycles. The van der Waals surface area contributed by atoms with Crippen molar-refractivity contribution in [3.05, 3.63) is 64.1 Å². The summed E-state index contributed by atoms with van der Waals surface area (Å²) in [5, 5.41) is 12.2. The van der Waals surface area contributed by atoms with Crippen LogP contribution >= 0.6 is 11.3 Å². The zero-order valence-electron chi connectivity index (χ0n) is 14.6. The van der Waals surface area contributed by atoms with E-state index in [1.54, 1.807) is 13.0 Å². The molecule has 2 aromatic heterocycles. The maximum atomic E-state index is 12.1. The Labute approximate surface area is 155 Å². The molecule has 0 unspecified atom stereocenters. The van der Waals surface area contributed by atoms with Gasteiger partial charge in [-0.15, -0.1) is 10.2 Å². The van der Waals surface area contributed by atoms with Crippen LogP contribution in [0.2, 0.25) is 0 Å². The van der Waals surface area contributed by atoms with E-state index in [-0.39, 0.29) is 18.1 Å². The molecule has 2 heterocycles. The lowest BCUT2D eigenvalue weighted by atomic mass is 10.1. The van der Waals surface area contributed by atoms with E-state index in [0.29, 0.717) is 35.1 Å². The summed E-state index contributed by atoms with van der Waals surface area (Å²) in [5.74, 6) is 1.01. The number of hydrogen-bond acceptors (Lipinski definition) is 6. The third kappa shape index (κ3) is 4.64. The summed E-state index contributed by atoms with van der Waals surface area (Å²) < 4.78 is 5.52. The third-order valence-electron chi connectivity index (χ3n) is 3.86. The van der Waals surface area contributed by atoms with Crippen LogP contribution in [-0.2, 0) is 17.6 Å². The summed E-state index contributed by atoms with van der Waals surface area (Å²) in [6, 6.07) is 11.7. The second-order valence-electron chi connectivity index (χ2n) is 5.95. The number of furan rings is 1. The van der Waals surface area contributed by atoms with Gasteiger partial charge in [0, 0.05) is 19.3 Å². The number of benzene rings is 1. The minimum Gasteiger partial charge on any atom is -0.466 e. The first-order valence-electron chi connectivity index (χ1n) is 8.27. The largest absolute Gasteiger partial charge is 0.466 e. The molecule has 0 spiro atoms. The molecule has 0 bridgehead atoms. The molecule has 0 aliphatic carbocycles. The van der Waals surface area contributed by atoms with E-state index in [1.165, 1.54) is 18.3 Å². The second-order valence-corrected chi connectivity index (χ2v) is 7.01. The highest BCUT2D eigenvalue weighted by atomic mass is 32.1. The summed E-state index contributed by atoms with van der Waals surface area (Å²) in [5.41, 5.74) is 1.71. The number of Topliss-reactive ketones (excluding diaryl/α,β-unsaturated/α-hetero) is 1. The molecule has 26 heavy (non-hydrogen) atoms. The predicted octanol–water partition coefficient (Wildman–Crippen LogP) is 3.80. The second kappa shape index (κ2) is 8.05. The molecule has 0 aliphatic heterocycles. The highest BCUT2D eigenvalue weighted by Crippen LogP contribution is 2.20. The molecule has 0 saturated heterocycles. The van der Waals surface area contributed by atoms with Crippen molar-refractivity contribution in [2.24, 2.45) is 0 Å². The molecule has 0 aliphatic rings. The molecule has 6 nitrogen and oxygen atoms in total. The smallest absolute Gasteiger partial charge is 0.226 e. The minimum atomic E-state index is -0.161. The predicted molar refractivity (Wildman–Crippen MR) is 99.6 cm³/mol. The van der Waals surface area contributed by atoms with Crippen molar-refractivity contribution < 1.29 is 14.0 Å². The Hall–Kier alpha value is -2.80. The van der Waals surface area contributed by atoms with E-state index in [4.69, 9.17) is 4.42 Å². The van der Waals surface area contributed by atoms with E-state index in [2.05, 4.69) is 15.5 Å². The van der Waals surface area contributed by atoms with Gasteiger partial charge in [-0.3, -0.25) is 9.59 Å². The quantitative estimate of drug-likeness (QED) is 0.640. The number of carbonyl (C=O) groups excluding carboxylic acids is 2. The van der Waals surface area contributed by atoms with Gasteiger partial charge in [0.1, 0.15) is 16.5 Å². The lowest BCUT2D eigenvalue weighted by Gasteiger charge is -1.99. The van der Waals surface area contributed by atoms with E-state index in [0.717, 1.165) is 10.6 Å². The van der Waals surface area contributed by atoms with Crippen LogP contribution in [-0.4, -0.2) is 21.9 Å². The summed E-state index contributed by atoms with van der Waals surface area (Å²) in [7, 11) is 0. The number of anilines is 1. The van der Waals surface area contributed by atoms with Gasteiger partial charge in [-0.05, 0) is 25.5 Å². The van der Waals surface area contributed by atoms with Gasteiger partial charge < -0.3 is 9.73 Å². The van der Waals surface area contributed by atoms with Crippen LogP contribution in [0, 0.1) is 6.92 Å². The molecule has 7 heteroatoms. The van der Waals surface area contributed by atoms with Crippen molar-refractivity contribution in [1.29, 1.82) is 0 Å². The van der Waals surface area contributed by atoms with Crippen LogP contribution in [0.3, 0.4) is 0 Å². The number of carbonyl (C=O) groups is 2. The van der Waals surface area contributed by atoms with Gasteiger partial charge in [-0.25, -0.2) is 0 Å². The molecular weight excluding hydrogens is 350 g/mol. The first-order valence-corrected chi connectivity index (χ1v) is 9.09. The first kappa shape index (κ1) is 18.0. The fraction of sp³-hybridized carbons (Fsp3) is 0.263. The number of hydrogen-bond donors (Lipinski definition) is 1. The number of nitrogens with zero attached hydrogens (tertiary/aromatic N) is 2. The first-order chi connectivity index (χ1) is 12.5. The fourth-order valence-corrected chi connectivity index (χ4v) is 3.37. The Morgan fingerprint density at radius 1 is 1.19 bits per heavy atom. The molecule has 1 amide bonds. The van der Waals surface area contributed by atoms with Crippen molar-refractivity contribution in [3.8, 4) is 0 Å². The number of ketones is 1. The summed E-state index contributed by atoms with van der Waals surface area (Å²) >= 11 is 1.37. The highest BCUT2D eigenvalue weighted by molar-refractivity contribution is 7.15. The molecule has 0 radical (unpaired) electrons. The van der Waals surface area contributed by atoms with Crippen LogP contribution in [0.25, 0.3) is 0 Å². The molecule has 3 aromatic rings. The lowest BCUT2D eigenvalue weighted by molar-refractivity contribution is -0.116. The Kier molecular flexibility index (Phi) is 5.58. The Bertz CT molecular complexity index is 915. The minimum absolute atomic E-state index is 0.0400. The number of nitrogens with one attached hydrogen (secondary N) is 1. The van der Waals surface area contributed by atoms with Gasteiger partial charge in [0.05, 0.1) is 5.56 Å². The third-order valence-corrected chi connectivity index (χ3v) is 4.70. The molecule has 0 saturated carbocycles. The van der Waals surface area contributed by atoms with Crippen molar-refractivity contribution in [2.75, 3.05) is 5.32 Å². The number of aryl methyl sites for hydroxylation is 2. The van der Waals surface area contributed by atoms with Crippen molar-refractivity contribution in [1.82, 2.24) is 10.2 Å². The average Bonchev–Trinajstić information content (AvgIpc) is 3.20. The van der Waals surface area contributed by atoms with Crippen LogP contribution in [0.1, 0.15) is 45.8 Å². The maximum Gasteiger partial charge on any atom is 0.226 e. The topological polar surface area (TPSA) is 85.1 Å². The number of rotatable bonds is 7. The van der Waals surface area contributed by atoms with E-state index >= 15 is 0 Å². The van der Waals surface area contributed by atoms with Crippen molar-refractivity contribution >= 4 is 28.2 Å². The van der Waals surface area contributed by atoms with Gasteiger partial charge in [0.2, 0.25) is 11.0 Å². The van der Waals surface area contributed by atoms with Gasteiger partial charge in [-0.1, -0.05) is 41.7 Å². The average molecular weight is 369 g/mol.